The number of alkyl halides is 2. The van der Waals surface area contributed by atoms with E-state index in [1.807, 2.05) is 0 Å². The Morgan fingerprint density at radius 3 is 1.62 bits per heavy atom. The zero-order chi connectivity index (χ0) is 9.64. The van der Waals surface area contributed by atoms with E-state index in [1.165, 1.54) is 0 Å². The summed E-state index contributed by atoms with van der Waals surface area (Å²) in [6.07, 6.45) is 3.61. The van der Waals surface area contributed by atoms with Crippen molar-refractivity contribution in [3.63, 3.8) is 0 Å². The highest BCUT2D eigenvalue weighted by Gasteiger charge is 2.48. The maximum Gasteiger partial charge on any atom is 0.158 e. The van der Waals surface area contributed by atoms with Crippen LogP contribution in [0.25, 0.3) is 0 Å². The number of halogens is 2. The van der Waals surface area contributed by atoms with Gasteiger partial charge in [0.2, 0.25) is 0 Å². The van der Waals surface area contributed by atoms with Crippen molar-refractivity contribution in [1.29, 1.82) is 0 Å². The fourth-order valence-electron chi connectivity index (χ4n) is 2.35. The maximum atomic E-state index is 12.0. The number of hydrogen-bond acceptors (Lipinski definition) is 2. The Kier molecular flexibility index (Phi) is 2.80. The second-order valence-corrected chi connectivity index (χ2v) is 8.59. The van der Waals surface area contributed by atoms with Gasteiger partial charge in [-0.25, -0.2) is 8.42 Å². The van der Waals surface area contributed by atoms with Crippen LogP contribution < -0.4 is 0 Å². The van der Waals surface area contributed by atoms with Crippen molar-refractivity contribution in [3.8, 4) is 0 Å². The molecule has 2 nitrogen and oxygen atoms in total. The minimum Gasteiger partial charge on any atom is -0.228 e. The largest absolute Gasteiger partial charge is 0.228 e. The molecule has 0 N–H and O–H groups in total. The van der Waals surface area contributed by atoms with Crippen molar-refractivity contribution < 1.29 is 8.42 Å². The van der Waals surface area contributed by atoms with Crippen LogP contribution >= 0.6 is 31.9 Å². The smallest absolute Gasteiger partial charge is 0.158 e. The predicted octanol–water partition coefficient (Wildman–Crippen LogP) is 2.25. The first kappa shape index (κ1) is 10.4. The van der Waals surface area contributed by atoms with Gasteiger partial charge in [0.05, 0.1) is 10.5 Å². The summed E-state index contributed by atoms with van der Waals surface area (Å²) in [5.41, 5.74) is 0. The average molecular weight is 332 g/mol. The highest BCUT2D eigenvalue weighted by atomic mass is 79.9. The van der Waals surface area contributed by atoms with Gasteiger partial charge in [0.15, 0.2) is 9.84 Å². The van der Waals surface area contributed by atoms with Gasteiger partial charge in [0, 0.05) is 9.65 Å². The lowest BCUT2D eigenvalue weighted by atomic mass is 9.99. The number of hydrogen-bond donors (Lipinski definition) is 0. The molecule has 0 aliphatic carbocycles. The quantitative estimate of drug-likeness (QED) is 0.638. The SMILES string of the molecule is O=S1(=O)[C@@H]2CC[C@@H](Br)[C@H]1CC[C@H]2Br. The molecule has 0 spiro atoms. The first-order chi connectivity index (χ1) is 6.03. The van der Waals surface area contributed by atoms with Crippen LogP contribution in [0.4, 0.5) is 0 Å². The van der Waals surface area contributed by atoms with E-state index in [-0.39, 0.29) is 20.2 Å². The Hall–Kier alpha value is 0.910. The van der Waals surface area contributed by atoms with E-state index in [1.54, 1.807) is 0 Å². The summed E-state index contributed by atoms with van der Waals surface area (Å²) in [4.78, 5) is 0.377. The van der Waals surface area contributed by atoms with Crippen LogP contribution in [0.3, 0.4) is 0 Å². The van der Waals surface area contributed by atoms with Gasteiger partial charge in [0.25, 0.3) is 0 Å². The highest BCUT2D eigenvalue weighted by Crippen LogP contribution is 2.42. The van der Waals surface area contributed by atoms with E-state index in [4.69, 9.17) is 0 Å². The zero-order valence-electron chi connectivity index (χ0n) is 7.12. The molecule has 0 amide bonds. The van der Waals surface area contributed by atoms with E-state index in [0.717, 1.165) is 25.7 Å². The molecule has 2 rings (SSSR count). The van der Waals surface area contributed by atoms with Crippen molar-refractivity contribution in [2.45, 2.75) is 45.8 Å². The van der Waals surface area contributed by atoms with Crippen molar-refractivity contribution in [2.75, 3.05) is 0 Å². The van der Waals surface area contributed by atoms with Gasteiger partial charge in [-0.3, -0.25) is 0 Å². The molecule has 5 heteroatoms. The molecule has 2 aliphatic rings. The van der Waals surface area contributed by atoms with Crippen molar-refractivity contribution in [2.24, 2.45) is 0 Å². The van der Waals surface area contributed by atoms with Crippen LogP contribution in [0.15, 0.2) is 0 Å². The molecule has 0 radical (unpaired) electrons. The molecule has 0 aromatic carbocycles. The zero-order valence-corrected chi connectivity index (χ0v) is 11.1. The molecule has 0 unspecified atom stereocenters. The molecule has 4 atom stereocenters. The third-order valence-electron chi connectivity index (χ3n) is 3.10. The van der Waals surface area contributed by atoms with Crippen LogP contribution in [0.1, 0.15) is 25.7 Å². The molecule has 76 valence electrons. The van der Waals surface area contributed by atoms with Gasteiger partial charge in [0.1, 0.15) is 0 Å². The van der Waals surface area contributed by atoms with E-state index < -0.39 is 9.84 Å². The van der Waals surface area contributed by atoms with Gasteiger partial charge < -0.3 is 0 Å². The van der Waals surface area contributed by atoms with Crippen LogP contribution in [-0.4, -0.2) is 28.6 Å². The van der Waals surface area contributed by atoms with Gasteiger partial charge in [-0.2, -0.15) is 0 Å². The van der Waals surface area contributed by atoms with Gasteiger partial charge >= 0.3 is 0 Å². The Morgan fingerprint density at radius 2 is 1.23 bits per heavy atom. The Morgan fingerprint density at radius 1 is 0.846 bits per heavy atom. The minimum absolute atomic E-state index is 0.125. The number of fused-ring (bicyclic) bond motifs is 2. The molecule has 2 heterocycles. The summed E-state index contributed by atoms with van der Waals surface area (Å²) in [6, 6.07) is 0. The van der Waals surface area contributed by atoms with Crippen LogP contribution in [0.2, 0.25) is 0 Å². The van der Waals surface area contributed by atoms with Gasteiger partial charge in [-0.05, 0) is 25.7 Å². The van der Waals surface area contributed by atoms with E-state index in [9.17, 15) is 8.42 Å². The summed E-state index contributed by atoms with van der Waals surface area (Å²) in [5.74, 6) is 0. The summed E-state index contributed by atoms with van der Waals surface area (Å²) in [5, 5.41) is -0.250. The number of sulfone groups is 1. The molecule has 0 aromatic rings. The summed E-state index contributed by atoms with van der Waals surface area (Å²) < 4.78 is 23.9. The molecule has 2 aliphatic heterocycles. The third-order valence-corrected chi connectivity index (χ3v) is 8.81. The van der Waals surface area contributed by atoms with E-state index >= 15 is 0 Å². The second kappa shape index (κ2) is 3.49. The van der Waals surface area contributed by atoms with E-state index in [2.05, 4.69) is 31.9 Å². The van der Waals surface area contributed by atoms with Crippen molar-refractivity contribution in [1.82, 2.24) is 0 Å². The fraction of sp³-hybridized carbons (Fsp3) is 1.00. The normalized spacial score (nSPS) is 48.8. The van der Waals surface area contributed by atoms with Gasteiger partial charge in [-0.1, -0.05) is 31.9 Å². The maximum absolute atomic E-state index is 12.0. The van der Waals surface area contributed by atoms with Crippen LogP contribution in [0, 0.1) is 0 Å². The summed E-state index contributed by atoms with van der Waals surface area (Å²) in [6.45, 7) is 0. The average Bonchev–Trinajstić information content (AvgIpc) is 1.99. The highest BCUT2D eigenvalue weighted by molar-refractivity contribution is 9.10. The molecule has 2 saturated heterocycles. The monoisotopic (exact) mass is 330 g/mol. The van der Waals surface area contributed by atoms with Gasteiger partial charge in [-0.15, -0.1) is 0 Å². The standard InChI is InChI=1S/C8H12Br2O2S/c9-5-1-3-7-6(10)2-4-8(5)13(7,11)12/h5-8H,1-4H2/t5-,6-,7-,8-/m1/s1. The second-order valence-electron chi connectivity index (χ2n) is 3.85. The fourth-order valence-corrected chi connectivity index (χ4v) is 7.68. The number of rotatable bonds is 0. The first-order valence-electron chi connectivity index (χ1n) is 4.54. The molecule has 13 heavy (non-hydrogen) atoms. The van der Waals surface area contributed by atoms with Crippen molar-refractivity contribution in [3.05, 3.63) is 0 Å². The minimum atomic E-state index is -2.86. The Balaban J connectivity index is 2.36. The van der Waals surface area contributed by atoms with Crippen LogP contribution in [0.5, 0.6) is 0 Å². The molecule has 2 bridgehead atoms. The van der Waals surface area contributed by atoms with Crippen LogP contribution in [-0.2, 0) is 9.84 Å². The first-order valence-corrected chi connectivity index (χ1v) is 7.98. The van der Waals surface area contributed by atoms with E-state index in [0.29, 0.717) is 0 Å². The molecule has 0 aromatic heterocycles. The third kappa shape index (κ3) is 1.61. The predicted molar refractivity (Wildman–Crippen MR) is 60.4 cm³/mol. The summed E-state index contributed by atoms with van der Waals surface area (Å²) >= 11 is 6.95. The topological polar surface area (TPSA) is 34.1 Å². The Labute approximate surface area is 95.6 Å². The lowest BCUT2D eigenvalue weighted by Gasteiger charge is -2.40. The lowest BCUT2D eigenvalue weighted by molar-refractivity contribution is 0.451. The molecular formula is C8H12Br2O2S. The summed E-state index contributed by atoms with van der Waals surface area (Å²) in [7, 11) is -2.86. The van der Waals surface area contributed by atoms with Crippen molar-refractivity contribution >= 4 is 41.7 Å². The Bertz CT molecular complexity index is 277. The molecular weight excluding hydrogens is 320 g/mol. The molecule has 2 fully saturated rings. The molecule has 0 saturated carbocycles. The lowest BCUT2D eigenvalue weighted by Crippen LogP contribution is -2.50.